The molecule has 2 heterocycles. The second-order valence-electron chi connectivity index (χ2n) is 7.58. The Kier molecular flexibility index (Phi) is 5.94. The van der Waals surface area contributed by atoms with Gasteiger partial charge in [0.05, 0.1) is 22.0 Å². The number of aromatic nitrogens is 2. The van der Waals surface area contributed by atoms with Crippen LogP contribution in [-0.4, -0.2) is 27.4 Å². The highest BCUT2D eigenvalue weighted by Crippen LogP contribution is 2.30. The van der Waals surface area contributed by atoms with E-state index in [1.54, 1.807) is 54.6 Å². The molecule has 0 aliphatic heterocycles. The third kappa shape index (κ3) is 4.29. The van der Waals surface area contributed by atoms with Crippen LogP contribution in [0.15, 0.2) is 81.0 Å². The van der Waals surface area contributed by atoms with Gasteiger partial charge in [-0.05, 0) is 48.5 Å². The lowest BCUT2D eigenvalue weighted by Gasteiger charge is -2.07. The molecule has 0 unspecified atom stereocenters. The van der Waals surface area contributed by atoms with Crippen LogP contribution >= 0.6 is 11.6 Å². The van der Waals surface area contributed by atoms with Crippen molar-refractivity contribution in [1.29, 1.82) is 0 Å². The van der Waals surface area contributed by atoms with Gasteiger partial charge in [0, 0.05) is 22.0 Å². The number of hydrogen-bond acceptors (Lipinski definition) is 7. The zero-order valence-corrected chi connectivity index (χ0v) is 19.2. The Balaban J connectivity index is 1.65. The van der Waals surface area contributed by atoms with Crippen LogP contribution in [0.4, 0.5) is 5.69 Å². The third-order valence-corrected chi connectivity index (χ3v) is 5.50. The maximum absolute atomic E-state index is 13.4. The summed E-state index contributed by atoms with van der Waals surface area (Å²) in [5, 5.41) is 17.4. The van der Waals surface area contributed by atoms with Crippen molar-refractivity contribution in [2.75, 3.05) is 6.61 Å². The van der Waals surface area contributed by atoms with Crippen LogP contribution in [0, 0.1) is 22.5 Å². The van der Waals surface area contributed by atoms with E-state index in [2.05, 4.69) is 16.0 Å². The van der Waals surface area contributed by atoms with Gasteiger partial charge in [-0.2, -0.15) is 9.78 Å². The highest BCUT2D eigenvalue weighted by Gasteiger charge is 2.18. The third-order valence-electron chi connectivity index (χ3n) is 5.27. The topological polar surface area (TPSA) is 113 Å². The zero-order chi connectivity index (χ0) is 25.2. The number of hydrogen-bond donors (Lipinski definition) is 0. The molecule has 2 aromatic heterocycles. The molecule has 0 aliphatic rings. The fourth-order valence-corrected chi connectivity index (χ4v) is 3.82. The molecule has 0 radical (unpaired) electrons. The number of rotatable bonds is 6. The Bertz CT molecular complexity index is 1780. The number of para-hydroxylation sites is 1. The number of fused-ring (bicyclic) bond motifs is 2. The van der Waals surface area contributed by atoms with E-state index in [4.69, 9.17) is 27.2 Å². The largest absolute Gasteiger partial charge is 0.474 e. The highest BCUT2D eigenvalue weighted by atomic mass is 35.5. The van der Waals surface area contributed by atoms with Crippen molar-refractivity contribution in [3.05, 3.63) is 97.8 Å². The molecule has 0 N–H and O–H groups in total. The summed E-state index contributed by atoms with van der Waals surface area (Å²) in [6.45, 7) is -0.113. The first-order valence-corrected chi connectivity index (χ1v) is 10.9. The first-order valence-electron chi connectivity index (χ1n) is 10.5. The summed E-state index contributed by atoms with van der Waals surface area (Å²) in [5.41, 5.74) is 0.664. The van der Waals surface area contributed by atoms with Gasteiger partial charge in [0.2, 0.25) is 5.82 Å². The van der Waals surface area contributed by atoms with Gasteiger partial charge < -0.3 is 9.15 Å². The molecule has 3 aromatic carbocycles. The van der Waals surface area contributed by atoms with Crippen molar-refractivity contribution in [1.82, 2.24) is 9.66 Å². The maximum Gasteiger partial charge on any atom is 0.311 e. The molecule has 0 saturated heterocycles. The summed E-state index contributed by atoms with van der Waals surface area (Å²) >= 11 is 6.10. The van der Waals surface area contributed by atoms with Crippen LogP contribution in [-0.2, 0) is 0 Å². The van der Waals surface area contributed by atoms with E-state index in [-0.39, 0.29) is 23.9 Å². The van der Waals surface area contributed by atoms with Crippen molar-refractivity contribution < 1.29 is 14.1 Å². The highest BCUT2D eigenvalue weighted by molar-refractivity contribution is 6.31. The molecule has 9 nitrogen and oxygen atoms in total. The van der Waals surface area contributed by atoms with Gasteiger partial charge in [-0.3, -0.25) is 14.9 Å². The number of furan rings is 1. The van der Waals surface area contributed by atoms with Crippen molar-refractivity contribution in [2.45, 2.75) is 0 Å². The number of nitrogens with zero attached hydrogens (tertiary/aromatic N) is 4. The van der Waals surface area contributed by atoms with E-state index in [0.717, 1.165) is 10.1 Å². The van der Waals surface area contributed by atoms with E-state index in [9.17, 15) is 14.9 Å². The van der Waals surface area contributed by atoms with Crippen LogP contribution in [0.25, 0.3) is 33.5 Å². The Labute approximate surface area is 208 Å². The van der Waals surface area contributed by atoms with Crippen molar-refractivity contribution in [3.8, 4) is 29.7 Å². The smallest absolute Gasteiger partial charge is 0.311 e. The average Bonchev–Trinajstić information content (AvgIpc) is 3.30. The minimum atomic E-state index is -0.585. The van der Waals surface area contributed by atoms with Gasteiger partial charge in [0.25, 0.3) is 5.56 Å². The summed E-state index contributed by atoms with van der Waals surface area (Å²) in [7, 11) is 0. The summed E-state index contributed by atoms with van der Waals surface area (Å²) in [4.78, 5) is 28.9. The van der Waals surface area contributed by atoms with Crippen LogP contribution < -0.4 is 10.3 Å². The van der Waals surface area contributed by atoms with E-state index in [0.29, 0.717) is 32.8 Å². The van der Waals surface area contributed by atoms with Gasteiger partial charge in [-0.25, -0.2) is 4.98 Å². The van der Waals surface area contributed by atoms with Crippen LogP contribution in [0.5, 0.6) is 5.75 Å². The summed E-state index contributed by atoms with van der Waals surface area (Å²) in [6.07, 6.45) is 6.49. The fraction of sp³-hybridized carbons (Fsp3) is 0.0385. The Morgan fingerprint density at radius 2 is 2.03 bits per heavy atom. The van der Waals surface area contributed by atoms with Crippen LogP contribution in [0.1, 0.15) is 5.56 Å². The van der Waals surface area contributed by atoms with Gasteiger partial charge in [0.1, 0.15) is 12.2 Å². The molecule has 0 bridgehead atoms. The number of terminal acetylenes is 1. The lowest BCUT2D eigenvalue weighted by Crippen LogP contribution is -2.20. The first kappa shape index (κ1) is 22.8. The van der Waals surface area contributed by atoms with E-state index < -0.39 is 10.5 Å². The van der Waals surface area contributed by atoms with Crippen LogP contribution in [0.3, 0.4) is 0 Å². The number of nitro benzene ring substituents is 1. The standard InChI is InChI=1S/C26H15ClN4O5/c1-2-11-35-23-9-7-16(12-21(23)31(33)34)15-28-30-25(29-20-6-4-3-5-19(20)26(30)32)24-14-17-13-18(27)8-10-22(17)36-24/h1,3-10,12-15H,11H2. The number of halogens is 1. The normalized spacial score (nSPS) is 11.2. The molecule has 0 aliphatic carbocycles. The predicted molar refractivity (Wildman–Crippen MR) is 137 cm³/mol. The average molecular weight is 499 g/mol. The lowest BCUT2D eigenvalue weighted by atomic mass is 10.2. The SMILES string of the molecule is C#CCOc1ccc(C=Nn2c(-c3cc4cc(Cl)ccc4o3)nc3ccccc3c2=O)cc1[N+](=O)[O-]. The Morgan fingerprint density at radius 1 is 1.19 bits per heavy atom. The predicted octanol–water partition coefficient (Wildman–Crippen LogP) is 5.27. The molecule has 0 spiro atoms. The number of benzene rings is 3. The molecule has 0 fully saturated rings. The van der Waals surface area contributed by atoms with Gasteiger partial charge in [-0.1, -0.05) is 29.7 Å². The molecular weight excluding hydrogens is 484 g/mol. The molecule has 5 rings (SSSR count). The minimum absolute atomic E-state index is 0.0289. The molecule has 0 atom stereocenters. The van der Waals surface area contributed by atoms with Crippen LogP contribution in [0.2, 0.25) is 5.02 Å². The first-order chi connectivity index (χ1) is 17.4. The Morgan fingerprint density at radius 3 is 2.83 bits per heavy atom. The number of nitro groups is 1. The minimum Gasteiger partial charge on any atom is -0.474 e. The summed E-state index contributed by atoms with van der Waals surface area (Å²) in [6, 6.07) is 18.0. The molecule has 176 valence electrons. The summed E-state index contributed by atoms with van der Waals surface area (Å²) in [5.74, 6) is 2.76. The zero-order valence-electron chi connectivity index (χ0n) is 18.4. The monoisotopic (exact) mass is 498 g/mol. The molecule has 5 aromatic rings. The van der Waals surface area contributed by atoms with Crippen molar-refractivity contribution in [2.24, 2.45) is 5.10 Å². The molecule has 0 amide bonds. The van der Waals surface area contributed by atoms with Gasteiger partial charge in [-0.15, -0.1) is 6.42 Å². The summed E-state index contributed by atoms with van der Waals surface area (Å²) < 4.78 is 12.3. The van der Waals surface area contributed by atoms with E-state index in [1.807, 2.05) is 0 Å². The molecule has 0 saturated carbocycles. The molecule has 10 heteroatoms. The number of ether oxygens (including phenoxy) is 1. The quantitative estimate of drug-likeness (QED) is 0.136. The lowest BCUT2D eigenvalue weighted by molar-refractivity contribution is -0.385. The van der Waals surface area contributed by atoms with Crippen molar-refractivity contribution >= 4 is 45.4 Å². The van der Waals surface area contributed by atoms with E-state index in [1.165, 1.54) is 18.3 Å². The molecule has 36 heavy (non-hydrogen) atoms. The van der Waals surface area contributed by atoms with E-state index >= 15 is 0 Å². The second kappa shape index (κ2) is 9.37. The second-order valence-corrected chi connectivity index (χ2v) is 8.02. The van der Waals surface area contributed by atoms with Crippen molar-refractivity contribution in [3.63, 3.8) is 0 Å². The Hall–Kier alpha value is -4.94. The fourth-order valence-electron chi connectivity index (χ4n) is 3.64. The molecular formula is C26H15ClN4O5. The van der Waals surface area contributed by atoms with Gasteiger partial charge in [0.15, 0.2) is 11.5 Å². The van der Waals surface area contributed by atoms with Gasteiger partial charge >= 0.3 is 5.69 Å². The maximum atomic E-state index is 13.4.